The molecule has 1 fully saturated rings. The number of hydrogen-bond donors (Lipinski definition) is 1. The topological polar surface area (TPSA) is 12.0 Å². The van der Waals surface area contributed by atoms with Crippen LogP contribution in [0.3, 0.4) is 0 Å². The molecule has 1 unspecified atom stereocenters. The average Bonchev–Trinajstić information content (AvgIpc) is 3.05. The fraction of sp³-hybridized carbons (Fsp3) is 0.571. The van der Waals surface area contributed by atoms with Crippen molar-refractivity contribution < 1.29 is 0 Å². The third kappa shape index (κ3) is 3.91. The molecule has 2 rings (SSSR count). The van der Waals surface area contributed by atoms with Crippen LogP contribution in [0.4, 0.5) is 0 Å². The zero-order valence-electron chi connectivity index (χ0n) is 9.88. The SMILES string of the molecule is CC(CCNC1CC1)Cc1ccccc1Br. The molecule has 1 N–H and O–H groups in total. The minimum atomic E-state index is 0.755. The van der Waals surface area contributed by atoms with Gasteiger partial charge in [0.2, 0.25) is 0 Å². The number of nitrogens with one attached hydrogen (secondary N) is 1. The summed E-state index contributed by atoms with van der Waals surface area (Å²) in [4.78, 5) is 0. The van der Waals surface area contributed by atoms with Crippen LogP contribution >= 0.6 is 15.9 Å². The molecule has 1 nitrogen and oxygen atoms in total. The van der Waals surface area contributed by atoms with Crippen LogP contribution in [0.5, 0.6) is 0 Å². The molecule has 0 spiro atoms. The highest BCUT2D eigenvalue weighted by Crippen LogP contribution is 2.21. The number of rotatable bonds is 6. The first-order valence-corrected chi connectivity index (χ1v) is 7.02. The summed E-state index contributed by atoms with van der Waals surface area (Å²) in [6, 6.07) is 9.39. The first kappa shape index (κ1) is 12.1. The second-order valence-electron chi connectivity index (χ2n) is 4.92. The third-order valence-electron chi connectivity index (χ3n) is 3.17. The van der Waals surface area contributed by atoms with Crippen LogP contribution in [0.25, 0.3) is 0 Å². The minimum absolute atomic E-state index is 0.755. The smallest absolute Gasteiger partial charge is 0.0207 e. The molecule has 0 amide bonds. The molecule has 0 saturated heterocycles. The highest BCUT2D eigenvalue weighted by Gasteiger charge is 2.19. The Morgan fingerprint density at radius 2 is 2.12 bits per heavy atom. The van der Waals surface area contributed by atoms with Gasteiger partial charge in [-0.05, 0) is 49.8 Å². The Hall–Kier alpha value is -0.340. The van der Waals surface area contributed by atoms with E-state index in [1.165, 1.54) is 42.3 Å². The van der Waals surface area contributed by atoms with Gasteiger partial charge < -0.3 is 5.32 Å². The van der Waals surface area contributed by atoms with Gasteiger partial charge in [-0.1, -0.05) is 41.1 Å². The number of halogens is 1. The molecule has 0 heterocycles. The van der Waals surface area contributed by atoms with Crippen molar-refractivity contribution in [2.45, 2.75) is 38.6 Å². The van der Waals surface area contributed by atoms with Crippen LogP contribution < -0.4 is 5.32 Å². The highest BCUT2D eigenvalue weighted by molar-refractivity contribution is 9.10. The molecule has 1 aliphatic rings. The highest BCUT2D eigenvalue weighted by atomic mass is 79.9. The van der Waals surface area contributed by atoms with E-state index >= 15 is 0 Å². The van der Waals surface area contributed by atoms with Crippen LogP contribution in [0.1, 0.15) is 31.7 Å². The number of hydrogen-bond acceptors (Lipinski definition) is 1. The van der Waals surface area contributed by atoms with Gasteiger partial charge in [0.15, 0.2) is 0 Å². The van der Waals surface area contributed by atoms with Crippen molar-refractivity contribution in [1.29, 1.82) is 0 Å². The molecule has 1 aliphatic carbocycles. The van der Waals surface area contributed by atoms with Gasteiger partial charge in [-0.15, -0.1) is 0 Å². The van der Waals surface area contributed by atoms with E-state index in [0.29, 0.717) is 0 Å². The van der Waals surface area contributed by atoms with Crippen molar-refractivity contribution in [3.05, 3.63) is 34.3 Å². The monoisotopic (exact) mass is 281 g/mol. The van der Waals surface area contributed by atoms with Gasteiger partial charge >= 0.3 is 0 Å². The first-order chi connectivity index (χ1) is 7.75. The van der Waals surface area contributed by atoms with Gasteiger partial charge in [0, 0.05) is 10.5 Å². The Bertz CT molecular complexity index is 333. The Kier molecular flexibility index (Phi) is 4.42. The maximum atomic E-state index is 3.61. The molecule has 1 saturated carbocycles. The summed E-state index contributed by atoms with van der Waals surface area (Å²) < 4.78 is 1.25. The first-order valence-electron chi connectivity index (χ1n) is 6.22. The van der Waals surface area contributed by atoms with E-state index in [-0.39, 0.29) is 0 Å². The number of benzene rings is 1. The molecule has 1 atom stereocenters. The Morgan fingerprint density at radius 1 is 1.38 bits per heavy atom. The summed E-state index contributed by atoms with van der Waals surface area (Å²) in [5, 5.41) is 3.58. The molecule has 1 aromatic carbocycles. The van der Waals surface area contributed by atoms with Crippen molar-refractivity contribution in [2.24, 2.45) is 5.92 Å². The summed E-state index contributed by atoms with van der Waals surface area (Å²) in [6.45, 7) is 3.52. The Labute approximate surface area is 107 Å². The van der Waals surface area contributed by atoms with Gasteiger partial charge in [0.1, 0.15) is 0 Å². The minimum Gasteiger partial charge on any atom is -0.314 e. The molecule has 16 heavy (non-hydrogen) atoms. The van der Waals surface area contributed by atoms with E-state index < -0.39 is 0 Å². The van der Waals surface area contributed by atoms with E-state index in [9.17, 15) is 0 Å². The molecule has 2 heteroatoms. The van der Waals surface area contributed by atoms with E-state index in [0.717, 1.165) is 12.0 Å². The lowest BCUT2D eigenvalue weighted by atomic mass is 9.98. The Balaban J connectivity index is 1.73. The Morgan fingerprint density at radius 3 is 2.81 bits per heavy atom. The molecule has 1 aromatic rings. The van der Waals surface area contributed by atoms with E-state index in [1.54, 1.807) is 0 Å². The fourth-order valence-electron chi connectivity index (χ4n) is 1.96. The standard InChI is InChI=1S/C14H20BrN/c1-11(8-9-16-13-6-7-13)10-12-4-2-3-5-14(12)15/h2-5,11,13,16H,6-10H2,1H3. The zero-order chi connectivity index (χ0) is 11.4. The fourth-order valence-corrected chi connectivity index (χ4v) is 2.41. The van der Waals surface area contributed by atoms with Crippen molar-refractivity contribution in [2.75, 3.05) is 6.54 Å². The predicted molar refractivity (Wildman–Crippen MR) is 72.7 cm³/mol. The summed E-state index contributed by atoms with van der Waals surface area (Å²) in [5.74, 6) is 0.755. The van der Waals surface area contributed by atoms with Crippen molar-refractivity contribution in [3.63, 3.8) is 0 Å². The summed E-state index contributed by atoms with van der Waals surface area (Å²) in [5.41, 5.74) is 1.43. The van der Waals surface area contributed by atoms with Gasteiger partial charge in [-0.25, -0.2) is 0 Å². The third-order valence-corrected chi connectivity index (χ3v) is 3.95. The molecule has 0 aromatic heterocycles. The molecular formula is C14H20BrN. The van der Waals surface area contributed by atoms with Gasteiger partial charge in [-0.3, -0.25) is 0 Å². The quantitative estimate of drug-likeness (QED) is 0.837. The van der Waals surface area contributed by atoms with Crippen LogP contribution in [0.15, 0.2) is 28.7 Å². The predicted octanol–water partition coefficient (Wildman–Crippen LogP) is 3.77. The van der Waals surface area contributed by atoms with Gasteiger partial charge in [0.05, 0.1) is 0 Å². The molecule has 0 aliphatic heterocycles. The van der Waals surface area contributed by atoms with Crippen molar-refractivity contribution >= 4 is 15.9 Å². The lowest BCUT2D eigenvalue weighted by Gasteiger charge is -2.13. The van der Waals surface area contributed by atoms with Crippen molar-refractivity contribution in [3.8, 4) is 0 Å². The van der Waals surface area contributed by atoms with Crippen molar-refractivity contribution in [1.82, 2.24) is 5.32 Å². The maximum absolute atomic E-state index is 3.61. The van der Waals surface area contributed by atoms with Crippen LogP contribution in [0, 0.1) is 5.92 Å². The lowest BCUT2D eigenvalue weighted by Crippen LogP contribution is -2.20. The molecular weight excluding hydrogens is 262 g/mol. The van der Waals surface area contributed by atoms with E-state index in [4.69, 9.17) is 0 Å². The molecule has 88 valence electrons. The molecule has 0 bridgehead atoms. The van der Waals surface area contributed by atoms with Crippen LogP contribution in [-0.2, 0) is 6.42 Å². The van der Waals surface area contributed by atoms with E-state index in [1.807, 2.05) is 0 Å². The zero-order valence-corrected chi connectivity index (χ0v) is 11.5. The molecule has 0 radical (unpaired) electrons. The largest absolute Gasteiger partial charge is 0.314 e. The average molecular weight is 282 g/mol. The van der Waals surface area contributed by atoms with Crippen LogP contribution in [0.2, 0.25) is 0 Å². The second kappa shape index (κ2) is 5.83. The lowest BCUT2D eigenvalue weighted by molar-refractivity contribution is 0.497. The summed E-state index contributed by atoms with van der Waals surface area (Å²) in [7, 11) is 0. The summed E-state index contributed by atoms with van der Waals surface area (Å²) in [6.07, 6.45) is 5.23. The van der Waals surface area contributed by atoms with Gasteiger partial charge in [0.25, 0.3) is 0 Å². The maximum Gasteiger partial charge on any atom is 0.0207 e. The summed E-state index contributed by atoms with van der Waals surface area (Å²) >= 11 is 3.61. The van der Waals surface area contributed by atoms with E-state index in [2.05, 4.69) is 52.4 Å². The normalized spacial score (nSPS) is 17.4. The van der Waals surface area contributed by atoms with Crippen LogP contribution in [-0.4, -0.2) is 12.6 Å². The second-order valence-corrected chi connectivity index (χ2v) is 5.77. The van der Waals surface area contributed by atoms with Gasteiger partial charge in [-0.2, -0.15) is 0 Å².